The molecule has 0 aromatic carbocycles. The summed E-state index contributed by atoms with van der Waals surface area (Å²) in [5.74, 6) is -0.214. The van der Waals surface area contributed by atoms with Crippen LogP contribution in [-0.4, -0.2) is 30.2 Å². The third-order valence-electron chi connectivity index (χ3n) is 1.85. The fourth-order valence-electron chi connectivity index (χ4n) is 1.06. The monoisotopic (exact) mass is 202 g/mol. The van der Waals surface area contributed by atoms with Gasteiger partial charge in [-0.2, -0.15) is 0 Å². The van der Waals surface area contributed by atoms with Gasteiger partial charge in [-0.25, -0.2) is 4.99 Å². The molecule has 0 unspecified atom stereocenters. The molecule has 1 heterocycles. The Hall–Kier alpha value is -0.550. The van der Waals surface area contributed by atoms with Crippen LogP contribution in [-0.2, 0) is 9.53 Å². The maximum Gasteiger partial charge on any atom is 0.233 e. The van der Waals surface area contributed by atoms with Gasteiger partial charge in [-0.15, -0.1) is 0 Å². The molecule has 1 rings (SSSR count). The molecule has 13 heavy (non-hydrogen) atoms. The summed E-state index contributed by atoms with van der Waals surface area (Å²) in [6.45, 7) is 4.29. The first-order valence-electron chi connectivity index (χ1n) is 4.23. The molecule has 0 saturated heterocycles. The molecule has 0 radical (unpaired) electrons. The van der Waals surface area contributed by atoms with Crippen LogP contribution >= 0.6 is 11.8 Å². The number of nitrogens with zero attached hydrogens (tertiary/aromatic N) is 1. The number of carbonyl (C=O) groups excluding carboxylic acids is 1. The lowest BCUT2D eigenvalue weighted by Crippen LogP contribution is -2.44. The fourth-order valence-corrected chi connectivity index (χ4v) is 1.48. The van der Waals surface area contributed by atoms with E-state index < -0.39 is 0 Å². The number of thioether (sulfide) groups is 1. The quantitative estimate of drug-likeness (QED) is 0.721. The van der Waals surface area contributed by atoms with Crippen LogP contribution in [0.3, 0.4) is 0 Å². The summed E-state index contributed by atoms with van der Waals surface area (Å²) < 4.78 is 5.34. The summed E-state index contributed by atoms with van der Waals surface area (Å²) in [6.07, 6.45) is 1.55. The molecule has 2 atom stereocenters. The Morgan fingerprint density at radius 1 is 1.69 bits per heavy atom. The number of ether oxygens (including phenoxy) is 1. The molecule has 1 amide bonds. The third kappa shape index (κ3) is 2.45. The molecule has 0 saturated carbocycles. The highest BCUT2D eigenvalue weighted by molar-refractivity contribution is 8.13. The largest absolute Gasteiger partial charge is 0.356 e. The second-order valence-electron chi connectivity index (χ2n) is 2.76. The Morgan fingerprint density at radius 3 is 2.92 bits per heavy atom. The van der Waals surface area contributed by atoms with Crippen LogP contribution in [0.5, 0.6) is 0 Å². The summed E-state index contributed by atoms with van der Waals surface area (Å²) >= 11 is 1.42. The van der Waals surface area contributed by atoms with E-state index in [1.807, 2.05) is 20.1 Å². The SMILES string of the molecule is CCO[C@@H]1N=C(SC)NC(=O)[C@H]1C. The normalized spacial score (nSPS) is 28.2. The van der Waals surface area contributed by atoms with E-state index in [-0.39, 0.29) is 18.1 Å². The molecule has 4 nitrogen and oxygen atoms in total. The Balaban J connectivity index is 2.73. The zero-order valence-electron chi connectivity index (χ0n) is 8.03. The van der Waals surface area contributed by atoms with Gasteiger partial charge in [0.2, 0.25) is 5.91 Å². The zero-order chi connectivity index (χ0) is 9.84. The maximum atomic E-state index is 11.4. The highest BCUT2D eigenvalue weighted by Gasteiger charge is 2.29. The van der Waals surface area contributed by atoms with Crippen molar-refractivity contribution in [3.05, 3.63) is 0 Å². The number of hydrogen-bond acceptors (Lipinski definition) is 4. The van der Waals surface area contributed by atoms with Crippen LogP contribution in [0.15, 0.2) is 4.99 Å². The smallest absolute Gasteiger partial charge is 0.233 e. The molecule has 1 aliphatic rings. The molecule has 0 fully saturated rings. The first kappa shape index (κ1) is 10.5. The number of hydrogen-bond donors (Lipinski definition) is 1. The van der Waals surface area contributed by atoms with Crippen LogP contribution in [0.2, 0.25) is 0 Å². The summed E-state index contributed by atoms with van der Waals surface area (Å²) in [5, 5.41) is 3.34. The van der Waals surface area contributed by atoms with Gasteiger partial charge < -0.3 is 10.1 Å². The third-order valence-corrected chi connectivity index (χ3v) is 2.44. The van der Waals surface area contributed by atoms with Gasteiger partial charge in [-0.1, -0.05) is 11.8 Å². The Kier molecular flexibility index (Phi) is 3.74. The van der Waals surface area contributed by atoms with Gasteiger partial charge >= 0.3 is 0 Å². The average molecular weight is 202 g/mol. The highest BCUT2D eigenvalue weighted by Crippen LogP contribution is 2.16. The van der Waals surface area contributed by atoms with Crippen molar-refractivity contribution in [2.24, 2.45) is 10.9 Å². The number of rotatable bonds is 2. The standard InChI is InChI=1S/C8H14N2O2S/c1-4-12-7-5(2)6(11)9-8(10-7)13-3/h5,7H,4H2,1-3H3,(H,9,10,11)/t5-,7+/m1/s1. The second kappa shape index (κ2) is 4.62. The minimum atomic E-state index is -0.318. The van der Waals surface area contributed by atoms with Crippen molar-refractivity contribution in [1.29, 1.82) is 0 Å². The molecule has 0 aromatic rings. The number of aliphatic imine (C=N–C) groups is 1. The predicted molar refractivity (Wildman–Crippen MR) is 53.7 cm³/mol. The van der Waals surface area contributed by atoms with Gasteiger partial charge in [0.15, 0.2) is 11.4 Å². The highest BCUT2D eigenvalue weighted by atomic mass is 32.2. The van der Waals surface area contributed by atoms with Gasteiger partial charge in [0, 0.05) is 6.61 Å². The van der Waals surface area contributed by atoms with E-state index in [4.69, 9.17) is 4.74 Å². The van der Waals surface area contributed by atoms with E-state index >= 15 is 0 Å². The minimum Gasteiger partial charge on any atom is -0.356 e. The van der Waals surface area contributed by atoms with E-state index in [0.29, 0.717) is 11.8 Å². The minimum absolute atomic E-state index is 0.0159. The van der Waals surface area contributed by atoms with Crippen LogP contribution in [0.4, 0.5) is 0 Å². The van der Waals surface area contributed by atoms with Crippen LogP contribution in [0, 0.1) is 5.92 Å². The number of amides is 1. The van der Waals surface area contributed by atoms with Crippen molar-refractivity contribution >= 4 is 22.8 Å². The van der Waals surface area contributed by atoms with E-state index in [1.165, 1.54) is 11.8 Å². The van der Waals surface area contributed by atoms with Crippen molar-refractivity contribution in [2.75, 3.05) is 12.9 Å². The molecule has 1 N–H and O–H groups in total. The average Bonchev–Trinajstić information content (AvgIpc) is 2.13. The lowest BCUT2D eigenvalue weighted by Gasteiger charge is -2.25. The number of carbonyl (C=O) groups is 1. The van der Waals surface area contributed by atoms with E-state index in [9.17, 15) is 4.79 Å². The van der Waals surface area contributed by atoms with E-state index in [2.05, 4.69) is 10.3 Å². The summed E-state index contributed by atoms with van der Waals surface area (Å²) in [5.41, 5.74) is 0. The van der Waals surface area contributed by atoms with Crippen molar-refractivity contribution in [1.82, 2.24) is 5.32 Å². The molecule has 0 aliphatic carbocycles. The molecule has 0 aromatic heterocycles. The Labute approximate surface area is 82.1 Å². The molecular formula is C8H14N2O2S. The lowest BCUT2D eigenvalue weighted by molar-refractivity contribution is -0.128. The number of amidine groups is 1. The first-order chi connectivity index (χ1) is 6.19. The molecular weight excluding hydrogens is 188 g/mol. The number of nitrogens with one attached hydrogen (secondary N) is 1. The fraction of sp³-hybridized carbons (Fsp3) is 0.750. The van der Waals surface area contributed by atoms with Gasteiger partial charge in [0.1, 0.15) is 0 Å². The summed E-state index contributed by atoms with van der Waals surface area (Å²) in [7, 11) is 0. The Bertz CT molecular complexity index is 230. The molecule has 0 spiro atoms. The molecule has 1 aliphatic heterocycles. The van der Waals surface area contributed by atoms with Gasteiger partial charge in [-0.05, 0) is 20.1 Å². The summed E-state index contributed by atoms with van der Waals surface area (Å²) in [6, 6.07) is 0. The summed E-state index contributed by atoms with van der Waals surface area (Å²) in [4.78, 5) is 15.6. The lowest BCUT2D eigenvalue weighted by atomic mass is 10.1. The Morgan fingerprint density at radius 2 is 2.38 bits per heavy atom. The van der Waals surface area contributed by atoms with Gasteiger partial charge in [0.25, 0.3) is 0 Å². The van der Waals surface area contributed by atoms with Gasteiger partial charge in [0.05, 0.1) is 5.92 Å². The molecule has 74 valence electrons. The molecule has 0 bridgehead atoms. The van der Waals surface area contributed by atoms with Crippen LogP contribution < -0.4 is 5.32 Å². The first-order valence-corrected chi connectivity index (χ1v) is 5.45. The zero-order valence-corrected chi connectivity index (χ0v) is 8.85. The van der Waals surface area contributed by atoms with E-state index in [0.717, 1.165) is 0 Å². The van der Waals surface area contributed by atoms with Crippen molar-refractivity contribution in [3.63, 3.8) is 0 Å². The van der Waals surface area contributed by atoms with Gasteiger partial charge in [-0.3, -0.25) is 4.79 Å². The van der Waals surface area contributed by atoms with Crippen molar-refractivity contribution in [2.45, 2.75) is 20.1 Å². The predicted octanol–water partition coefficient (Wildman–Crippen LogP) is 0.834. The topological polar surface area (TPSA) is 50.7 Å². The van der Waals surface area contributed by atoms with Crippen molar-refractivity contribution in [3.8, 4) is 0 Å². The maximum absolute atomic E-state index is 11.4. The van der Waals surface area contributed by atoms with Crippen LogP contribution in [0.1, 0.15) is 13.8 Å². The van der Waals surface area contributed by atoms with Crippen molar-refractivity contribution < 1.29 is 9.53 Å². The van der Waals surface area contributed by atoms with E-state index in [1.54, 1.807) is 0 Å². The second-order valence-corrected chi connectivity index (χ2v) is 3.56. The van der Waals surface area contributed by atoms with Crippen LogP contribution in [0.25, 0.3) is 0 Å². The molecule has 5 heteroatoms.